The largest absolute Gasteiger partial charge is 0.465 e. The van der Waals surface area contributed by atoms with Gasteiger partial charge in [-0.05, 0) is 69.2 Å². The molecule has 1 aromatic rings. The Labute approximate surface area is 122 Å². The first-order valence-electron chi connectivity index (χ1n) is 7.14. The number of benzene rings is 1. The molecule has 3 heteroatoms. The highest BCUT2D eigenvalue weighted by Gasteiger charge is 2.21. The number of methoxy groups -OCH3 is 1. The van der Waals surface area contributed by atoms with Gasteiger partial charge in [0.25, 0.3) is 0 Å². The number of carbonyl (C=O) groups excluding carboxylic acids is 1. The standard InChI is InChI=1S/C17H26O3/c1-7-17(5,19)9-8-14-11(2)10-12(3)15(13(14)4)16(18)20-6/h10,19H,7-9H2,1-6H3. The summed E-state index contributed by atoms with van der Waals surface area (Å²) in [6.07, 6.45) is 2.18. The molecular weight excluding hydrogens is 252 g/mol. The van der Waals surface area contributed by atoms with Crippen LogP contribution in [0.5, 0.6) is 0 Å². The number of hydrogen-bond donors (Lipinski definition) is 1. The minimum Gasteiger partial charge on any atom is -0.465 e. The molecule has 0 saturated carbocycles. The normalized spacial score (nSPS) is 13.9. The summed E-state index contributed by atoms with van der Waals surface area (Å²) < 4.78 is 4.87. The van der Waals surface area contributed by atoms with Crippen LogP contribution in [-0.4, -0.2) is 23.8 Å². The van der Waals surface area contributed by atoms with Crippen molar-refractivity contribution in [3.63, 3.8) is 0 Å². The van der Waals surface area contributed by atoms with Crippen molar-refractivity contribution in [1.82, 2.24) is 0 Å². The maximum atomic E-state index is 11.9. The fraction of sp³-hybridized carbons (Fsp3) is 0.588. The molecule has 1 atom stereocenters. The smallest absolute Gasteiger partial charge is 0.338 e. The minimum atomic E-state index is -0.658. The Kier molecular flexibility index (Phi) is 5.35. The first kappa shape index (κ1) is 16.7. The monoisotopic (exact) mass is 278 g/mol. The van der Waals surface area contributed by atoms with Gasteiger partial charge in [0.2, 0.25) is 0 Å². The first-order chi connectivity index (χ1) is 9.23. The van der Waals surface area contributed by atoms with E-state index >= 15 is 0 Å². The van der Waals surface area contributed by atoms with Crippen LogP contribution in [0.2, 0.25) is 0 Å². The fourth-order valence-corrected chi connectivity index (χ4v) is 2.60. The number of ether oxygens (including phenoxy) is 1. The van der Waals surface area contributed by atoms with Gasteiger partial charge in [-0.2, -0.15) is 0 Å². The summed E-state index contributed by atoms with van der Waals surface area (Å²) in [5.74, 6) is -0.288. The van der Waals surface area contributed by atoms with Crippen molar-refractivity contribution >= 4 is 5.97 Å². The van der Waals surface area contributed by atoms with Crippen LogP contribution in [0.3, 0.4) is 0 Å². The van der Waals surface area contributed by atoms with Gasteiger partial charge in [-0.25, -0.2) is 4.79 Å². The number of hydrogen-bond acceptors (Lipinski definition) is 3. The minimum absolute atomic E-state index is 0.288. The number of esters is 1. The van der Waals surface area contributed by atoms with Crippen molar-refractivity contribution in [2.24, 2.45) is 0 Å². The van der Waals surface area contributed by atoms with E-state index in [1.165, 1.54) is 12.7 Å². The van der Waals surface area contributed by atoms with Crippen LogP contribution < -0.4 is 0 Å². The SMILES string of the molecule is CCC(C)(O)CCc1c(C)cc(C)c(C(=O)OC)c1C. The van der Waals surface area contributed by atoms with Gasteiger partial charge in [-0.3, -0.25) is 0 Å². The summed E-state index contributed by atoms with van der Waals surface area (Å²) in [5.41, 5.74) is 4.22. The molecule has 3 nitrogen and oxygen atoms in total. The van der Waals surface area contributed by atoms with Crippen LogP contribution in [0, 0.1) is 20.8 Å². The van der Waals surface area contributed by atoms with Crippen molar-refractivity contribution in [2.75, 3.05) is 7.11 Å². The third-order valence-electron chi connectivity index (χ3n) is 4.20. The zero-order valence-electron chi connectivity index (χ0n) is 13.5. The molecule has 1 N–H and O–H groups in total. The van der Waals surface area contributed by atoms with Crippen molar-refractivity contribution in [1.29, 1.82) is 0 Å². The highest BCUT2D eigenvalue weighted by molar-refractivity contribution is 5.93. The van der Waals surface area contributed by atoms with Gasteiger partial charge < -0.3 is 9.84 Å². The predicted molar refractivity (Wildman–Crippen MR) is 81.2 cm³/mol. The van der Waals surface area contributed by atoms with E-state index in [1.54, 1.807) is 0 Å². The van der Waals surface area contributed by atoms with E-state index < -0.39 is 5.60 Å². The molecule has 1 rings (SSSR count). The maximum absolute atomic E-state index is 11.9. The van der Waals surface area contributed by atoms with E-state index in [1.807, 2.05) is 33.8 Å². The molecule has 0 saturated heterocycles. The van der Waals surface area contributed by atoms with Gasteiger partial charge in [0, 0.05) is 0 Å². The third kappa shape index (κ3) is 3.60. The lowest BCUT2D eigenvalue weighted by molar-refractivity contribution is 0.0472. The Bertz CT molecular complexity index is 501. The molecule has 0 aromatic heterocycles. The summed E-state index contributed by atoms with van der Waals surface area (Å²) in [5, 5.41) is 10.2. The zero-order valence-corrected chi connectivity index (χ0v) is 13.5. The molecule has 0 spiro atoms. The van der Waals surface area contributed by atoms with E-state index in [0.29, 0.717) is 12.0 Å². The molecule has 0 aliphatic carbocycles. The zero-order chi connectivity index (χ0) is 15.5. The van der Waals surface area contributed by atoms with Crippen LogP contribution in [0.15, 0.2) is 6.07 Å². The van der Waals surface area contributed by atoms with Crippen LogP contribution in [-0.2, 0) is 11.2 Å². The summed E-state index contributed by atoms with van der Waals surface area (Å²) in [6, 6.07) is 2.02. The van der Waals surface area contributed by atoms with Crippen molar-refractivity contribution < 1.29 is 14.6 Å². The van der Waals surface area contributed by atoms with Gasteiger partial charge in [0.05, 0.1) is 18.3 Å². The van der Waals surface area contributed by atoms with Crippen molar-refractivity contribution in [3.05, 3.63) is 33.9 Å². The molecule has 112 valence electrons. The number of aryl methyl sites for hydroxylation is 2. The maximum Gasteiger partial charge on any atom is 0.338 e. The Morgan fingerprint density at radius 3 is 2.40 bits per heavy atom. The Balaban J connectivity index is 3.17. The van der Waals surface area contributed by atoms with Crippen molar-refractivity contribution in [2.45, 2.75) is 59.5 Å². The average molecular weight is 278 g/mol. The molecule has 0 fully saturated rings. The quantitative estimate of drug-likeness (QED) is 0.839. The van der Waals surface area contributed by atoms with Gasteiger partial charge in [0.15, 0.2) is 0 Å². The van der Waals surface area contributed by atoms with E-state index in [-0.39, 0.29) is 5.97 Å². The molecule has 0 bridgehead atoms. The lowest BCUT2D eigenvalue weighted by atomic mass is 9.87. The van der Waals surface area contributed by atoms with Crippen LogP contribution >= 0.6 is 0 Å². The Morgan fingerprint density at radius 2 is 1.90 bits per heavy atom. The predicted octanol–water partition coefficient (Wildman–Crippen LogP) is 3.49. The van der Waals surface area contributed by atoms with E-state index in [0.717, 1.165) is 29.5 Å². The average Bonchev–Trinajstić information content (AvgIpc) is 2.37. The first-order valence-corrected chi connectivity index (χ1v) is 7.14. The van der Waals surface area contributed by atoms with Crippen LogP contribution in [0.25, 0.3) is 0 Å². The topological polar surface area (TPSA) is 46.5 Å². The van der Waals surface area contributed by atoms with Gasteiger partial charge in [-0.15, -0.1) is 0 Å². The molecule has 0 radical (unpaired) electrons. The summed E-state index contributed by atoms with van der Waals surface area (Å²) >= 11 is 0. The molecule has 1 unspecified atom stereocenters. The second kappa shape index (κ2) is 6.40. The molecule has 0 aliphatic heterocycles. The highest BCUT2D eigenvalue weighted by atomic mass is 16.5. The molecular formula is C17H26O3. The molecule has 0 aliphatic rings. The molecule has 0 amide bonds. The molecule has 0 heterocycles. The molecule has 1 aromatic carbocycles. The molecule has 20 heavy (non-hydrogen) atoms. The third-order valence-corrected chi connectivity index (χ3v) is 4.20. The Morgan fingerprint density at radius 1 is 1.30 bits per heavy atom. The number of carbonyl (C=O) groups is 1. The van der Waals surface area contributed by atoms with Gasteiger partial charge >= 0.3 is 5.97 Å². The second-order valence-corrected chi connectivity index (χ2v) is 5.83. The lowest BCUT2D eigenvalue weighted by Crippen LogP contribution is -2.24. The second-order valence-electron chi connectivity index (χ2n) is 5.83. The van der Waals surface area contributed by atoms with Crippen molar-refractivity contribution in [3.8, 4) is 0 Å². The summed E-state index contributed by atoms with van der Waals surface area (Å²) in [7, 11) is 1.41. The lowest BCUT2D eigenvalue weighted by Gasteiger charge is -2.23. The van der Waals surface area contributed by atoms with E-state index in [9.17, 15) is 9.90 Å². The van der Waals surface area contributed by atoms with Gasteiger partial charge in [-0.1, -0.05) is 13.0 Å². The summed E-state index contributed by atoms with van der Waals surface area (Å²) in [4.78, 5) is 11.9. The van der Waals surface area contributed by atoms with E-state index in [2.05, 4.69) is 6.92 Å². The fourth-order valence-electron chi connectivity index (χ4n) is 2.60. The van der Waals surface area contributed by atoms with Gasteiger partial charge in [0.1, 0.15) is 0 Å². The highest BCUT2D eigenvalue weighted by Crippen LogP contribution is 2.26. The summed E-state index contributed by atoms with van der Waals surface area (Å²) in [6.45, 7) is 9.78. The Hall–Kier alpha value is -1.35. The van der Waals surface area contributed by atoms with Crippen LogP contribution in [0.1, 0.15) is 59.3 Å². The van der Waals surface area contributed by atoms with Crippen LogP contribution in [0.4, 0.5) is 0 Å². The number of aliphatic hydroxyl groups is 1. The van der Waals surface area contributed by atoms with E-state index in [4.69, 9.17) is 4.74 Å². The number of rotatable bonds is 5.